The van der Waals surface area contributed by atoms with Crippen molar-refractivity contribution in [3.63, 3.8) is 0 Å². The maximum atomic E-state index is 12.9. The number of rotatable bonds is 8. The van der Waals surface area contributed by atoms with Gasteiger partial charge < -0.3 is 15.1 Å². The normalized spacial score (nSPS) is 12.8. The van der Waals surface area contributed by atoms with Gasteiger partial charge in [-0.15, -0.1) is 0 Å². The first-order valence-electron chi connectivity index (χ1n) is 11.2. The molecule has 1 amide bonds. The predicted molar refractivity (Wildman–Crippen MR) is 132 cm³/mol. The first-order chi connectivity index (χ1) is 16.8. The van der Waals surface area contributed by atoms with Crippen LogP contribution in [0.4, 0.5) is 18.9 Å². The smallest absolute Gasteiger partial charge is 0.324 e. The first kappa shape index (κ1) is 27.4. The number of alkyl halides is 3. The Labute approximate surface area is 206 Å². The molecule has 36 heavy (non-hydrogen) atoms. The second kappa shape index (κ2) is 10.4. The van der Waals surface area contributed by atoms with E-state index in [2.05, 4.69) is 10.4 Å². The van der Waals surface area contributed by atoms with Gasteiger partial charge in [-0.2, -0.15) is 18.3 Å². The van der Waals surface area contributed by atoms with E-state index < -0.39 is 30.4 Å². The number of amides is 1. The number of halogens is 3. The number of anilines is 1. The highest BCUT2D eigenvalue weighted by Crippen LogP contribution is 2.60. The second-order valence-corrected chi connectivity index (χ2v) is 10.3. The molecule has 0 bridgehead atoms. The Morgan fingerprint density at radius 3 is 2.08 bits per heavy atom. The van der Waals surface area contributed by atoms with Crippen LogP contribution in [0.1, 0.15) is 43.4 Å². The third kappa shape index (κ3) is 5.61. The lowest BCUT2D eigenvalue weighted by Crippen LogP contribution is -2.24. The molecular formula is C25H27F3N3O4P. The van der Waals surface area contributed by atoms with Gasteiger partial charge in [0.15, 0.2) is 0 Å². The lowest BCUT2D eigenvalue weighted by atomic mass is 9.92. The average Bonchev–Trinajstić information content (AvgIpc) is 3.18. The third-order valence-corrected chi connectivity index (χ3v) is 8.29. The molecule has 3 rings (SSSR count). The molecule has 0 radical (unpaired) electrons. The molecule has 0 unspecified atom stereocenters. The zero-order valence-corrected chi connectivity index (χ0v) is 20.8. The Kier molecular flexibility index (Phi) is 7.93. The molecule has 11 heteroatoms. The number of hydrogen-bond donors (Lipinski definition) is 3. The molecule has 0 atom stereocenters. The zero-order chi connectivity index (χ0) is 26.7. The summed E-state index contributed by atoms with van der Waals surface area (Å²) in [5.74, 6) is -0.461. The Balaban J connectivity index is 1.77. The van der Waals surface area contributed by atoms with Crippen LogP contribution in [0, 0.1) is 0 Å². The van der Waals surface area contributed by atoms with Gasteiger partial charge in [0.05, 0.1) is 22.6 Å². The zero-order valence-electron chi connectivity index (χ0n) is 20.0. The molecule has 0 saturated carbocycles. The molecule has 0 aliphatic rings. The van der Waals surface area contributed by atoms with Gasteiger partial charge in [0.2, 0.25) is 5.91 Å². The molecule has 2 aromatic carbocycles. The third-order valence-electron chi connectivity index (χ3n) is 6.28. The lowest BCUT2D eigenvalue weighted by Gasteiger charge is -2.33. The summed E-state index contributed by atoms with van der Waals surface area (Å²) in [5.41, 5.74) is 1.77. The highest BCUT2D eigenvalue weighted by molar-refractivity contribution is 7.53. The summed E-state index contributed by atoms with van der Waals surface area (Å²) < 4.78 is 52.3. The topological polar surface area (TPSA) is 104 Å². The van der Waals surface area contributed by atoms with Crippen LogP contribution in [0.15, 0.2) is 60.8 Å². The van der Waals surface area contributed by atoms with Crippen LogP contribution in [-0.4, -0.2) is 25.5 Å². The van der Waals surface area contributed by atoms with Crippen molar-refractivity contribution in [2.24, 2.45) is 7.05 Å². The monoisotopic (exact) mass is 521 g/mol. The van der Waals surface area contributed by atoms with Gasteiger partial charge in [0.1, 0.15) is 0 Å². The summed E-state index contributed by atoms with van der Waals surface area (Å²) in [5, 5.41) is 5.54. The minimum Gasteiger partial charge on any atom is -0.324 e. The van der Waals surface area contributed by atoms with E-state index in [0.717, 1.165) is 12.1 Å². The number of benzene rings is 2. The highest BCUT2D eigenvalue weighted by atomic mass is 31.2. The van der Waals surface area contributed by atoms with Gasteiger partial charge in [0.25, 0.3) is 0 Å². The van der Waals surface area contributed by atoms with Crippen LogP contribution < -0.4 is 5.32 Å². The number of nitrogens with zero attached hydrogens (tertiary/aromatic N) is 2. The van der Waals surface area contributed by atoms with Crippen molar-refractivity contribution < 1.29 is 32.3 Å². The number of carbonyl (C=O) groups excluding carboxylic acids is 1. The molecule has 0 spiro atoms. The van der Waals surface area contributed by atoms with Gasteiger partial charge in [0, 0.05) is 29.9 Å². The fraction of sp³-hybridized carbons (Fsp3) is 0.280. The summed E-state index contributed by atoms with van der Waals surface area (Å²) >= 11 is 0. The molecule has 192 valence electrons. The fourth-order valence-electron chi connectivity index (χ4n) is 4.20. The van der Waals surface area contributed by atoms with E-state index >= 15 is 0 Å². The molecule has 0 fully saturated rings. The van der Waals surface area contributed by atoms with Crippen LogP contribution in [-0.2, 0) is 27.7 Å². The lowest BCUT2D eigenvalue weighted by molar-refractivity contribution is -0.137. The molecule has 1 heterocycles. The van der Waals surface area contributed by atoms with E-state index in [1.165, 1.54) is 35.2 Å². The number of carbonyl (C=O) groups is 1. The van der Waals surface area contributed by atoms with Crippen molar-refractivity contribution in [3.05, 3.63) is 77.5 Å². The number of nitrogens with one attached hydrogen (secondary N) is 1. The minimum absolute atomic E-state index is 0.259. The van der Waals surface area contributed by atoms with Gasteiger partial charge in [-0.05, 0) is 48.7 Å². The van der Waals surface area contributed by atoms with Crippen molar-refractivity contribution >= 4 is 25.3 Å². The summed E-state index contributed by atoms with van der Waals surface area (Å²) in [6.45, 7) is 3.45. The number of aromatic nitrogens is 2. The average molecular weight is 521 g/mol. The predicted octanol–water partition coefficient (Wildman–Crippen LogP) is 5.95. The van der Waals surface area contributed by atoms with Gasteiger partial charge in [-0.25, -0.2) is 0 Å². The standard InChI is InChI=1S/C25H27F3N3O4P/c1-4-24(5-2,36(33,34)35)19-11-13-21(14-12-19)30-22(32)15-8-18-16-29-31(3)23(18)17-6-9-20(10-7-17)25(26,27)28/h6-16H,4-5H2,1-3H3,(H,30,32)(H2,33,34,35). The van der Waals surface area contributed by atoms with Crippen molar-refractivity contribution in [1.29, 1.82) is 0 Å². The van der Waals surface area contributed by atoms with E-state index in [9.17, 15) is 32.3 Å². The molecule has 3 N–H and O–H groups in total. The molecule has 0 saturated heterocycles. The molecule has 0 aliphatic heterocycles. The van der Waals surface area contributed by atoms with Crippen LogP contribution in [0.3, 0.4) is 0 Å². The van der Waals surface area contributed by atoms with E-state index in [1.807, 2.05) is 0 Å². The second-order valence-electron chi connectivity index (χ2n) is 8.33. The summed E-state index contributed by atoms with van der Waals surface area (Å²) in [7, 11) is -2.77. The van der Waals surface area contributed by atoms with Crippen LogP contribution >= 0.6 is 7.60 Å². The van der Waals surface area contributed by atoms with E-state index in [0.29, 0.717) is 28.1 Å². The van der Waals surface area contributed by atoms with Gasteiger partial charge in [-0.3, -0.25) is 14.0 Å². The molecular weight excluding hydrogens is 494 g/mol. The first-order valence-corrected chi connectivity index (χ1v) is 12.8. The minimum atomic E-state index is -4.44. The highest BCUT2D eigenvalue weighted by Gasteiger charge is 2.45. The molecule has 0 aliphatic carbocycles. The van der Waals surface area contributed by atoms with E-state index in [-0.39, 0.29) is 12.8 Å². The molecule has 1 aromatic heterocycles. The number of aryl methyl sites for hydroxylation is 1. The van der Waals surface area contributed by atoms with Crippen molar-refractivity contribution in [3.8, 4) is 11.3 Å². The largest absolute Gasteiger partial charge is 0.416 e. The molecule has 3 aromatic rings. The number of hydrogen-bond acceptors (Lipinski definition) is 3. The van der Waals surface area contributed by atoms with E-state index in [1.54, 1.807) is 45.2 Å². The van der Waals surface area contributed by atoms with Gasteiger partial charge >= 0.3 is 13.8 Å². The quantitative estimate of drug-likeness (QED) is 0.251. The maximum absolute atomic E-state index is 12.9. The maximum Gasteiger partial charge on any atom is 0.416 e. The van der Waals surface area contributed by atoms with Crippen LogP contribution in [0.2, 0.25) is 0 Å². The Bertz CT molecular complexity index is 1290. The van der Waals surface area contributed by atoms with Crippen molar-refractivity contribution in [1.82, 2.24) is 9.78 Å². The Hall–Kier alpha value is -3.20. The SMILES string of the molecule is CCC(CC)(c1ccc(NC(=O)C=Cc2cnn(C)c2-c2ccc(C(F)(F)F)cc2)cc1)P(=O)(O)O. The molecule has 7 nitrogen and oxygen atoms in total. The van der Waals surface area contributed by atoms with E-state index in [4.69, 9.17) is 0 Å². The Morgan fingerprint density at radius 1 is 1.03 bits per heavy atom. The van der Waals surface area contributed by atoms with Crippen LogP contribution in [0.25, 0.3) is 17.3 Å². The van der Waals surface area contributed by atoms with Crippen LogP contribution in [0.5, 0.6) is 0 Å². The summed E-state index contributed by atoms with van der Waals surface area (Å²) in [6, 6.07) is 11.0. The summed E-state index contributed by atoms with van der Waals surface area (Å²) in [6.07, 6.45) is 0.369. The van der Waals surface area contributed by atoms with Crippen molar-refractivity contribution in [2.75, 3.05) is 5.32 Å². The van der Waals surface area contributed by atoms with Crippen molar-refractivity contribution in [2.45, 2.75) is 38.0 Å². The summed E-state index contributed by atoms with van der Waals surface area (Å²) in [4.78, 5) is 32.3. The Morgan fingerprint density at radius 2 is 1.58 bits per heavy atom. The van der Waals surface area contributed by atoms with Gasteiger partial charge in [-0.1, -0.05) is 38.1 Å². The fourth-order valence-corrected chi connectivity index (χ4v) is 5.51.